The summed E-state index contributed by atoms with van der Waals surface area (Å²) in [6.07, 6.45) is 2.87. The second-order valence-corrected chi connectivity index (χ2v) is 0.932. The molecule has 0 aliphatic carbocycles. The molecule has 0 fully saturated rings. The van der Waals surface area contributed by atoms with Crippen molar-refractivity contribution in [3.05, 3.63) is 17.9 Å². The van der Waals surface area contributed by atoms with E-state index in [1.165, 1.54) is 18.1 Å². The first-order valence-electron chi connectivity index (χ1n) is 2.04. The van der Waals surface area contributed by atoms with Crippen molar-refractivity contribution in [1.29, 1.82) is 0 Å². The third-order valence-corrected chi connectivity index (χ3v) is 0.429. The molecule has 0 aromatic carbocycles. The van der Waals surface area contributed by atoms with Gasteiger partial charge >= 0.3 is 0 Å². The van der Waals surface area contributed by atoms with Crippen LogP contribution >= 0.6 is 0 Å². The third-order valence-electron chi connectivity index (χ3n) is 0.429. The molecule has 0 saturated heterocycles. The highest BCUT2D eigenvalue weighted by atomic mass is 16.1. The van der Waals surface area contributed by atoms with E-state index >= 15 is 0 Å². The van der Waals surface area contributed by atoms with E-state index in [9.17, 15) is 4.79 Å². The van der Waals surface area contributed by atoms with Gasteiger partial charge in [0.05, 0.1) is 0 Å². The van der Waals surface area contributed by atoms with E-state index in [4.69, 9.17) is 0 Å². The molecule has 0 radical (unpaired) electrons. The monoisotopic (exact) mass is 107 g/mol. The molecule has 8 heavy (non-hydrogen) atoms. The van der Waals surface area contributed by atoms with Crippen molar-refractivity contribution in [2.45, 2.75) is 0 Å². The Morgan fingerprint density at radius 3 is 2.75 bits per heavy atom. The average molecular weight is 107 g/mol. The van der Waals surface area contributed by atoms with Crippen LogP contribution in [-0.4, -0.2) is 18.9 Å². The highest BCUT2D eigenvalue weighted by Gasteiger charge is 1.49. The van der Waals surface area contributed by atoms with Crippen LogP contribution in [0.5, 0.6) is 0 Å². The fourth-order valence-corrected chi connectivity index (χ4v) is 0.187. The van der Waals surface area contributed by atoms with E-state index in [1.807, 2.05) is 0 Å². The normalized spacial score (nSPS) is 5.12. The average Bonchev–Trinajstić information content (AvgIpc) is 1.81. The van der Waals surface area contributed by atoms with Gasteiger partial charge in [0.25, 0.3) is 0 Å². The number of hydrogen-bond donors (Lipinski definition) is 0. The lowest BCUT2D eigenvalue weighted by atomic mass is 10.6. The van der Waals surface area contributed by atoms with Gasteiger partial charge in [-0.2, -0.15) is 0 Å². The molecule has 0 bridgehead atoms. The molecule has 0 spiro atoms. The van der Waals surface area contributed by atoms with Gasteiger partial charge in [0.15, 0.2) is 5.94 Å². The highest BCUT2D eigenvalue weighted by Crippen LogP contribution is 1.58. The van der Waals surface area contributed by atoms with Crippen molar-refractivity contribution >= 4 is 11.8 Å². The van der Waals surface area contributed by atoms with Crippen LogP contribution in [0.3, 0.4) is 0 Å². The van der Waals surface area contributed by atoms with Gasteiger partial charge in [-0.3, -0.25) is 0 Å². The molecule has 0 heterocycles. The molecule has 0 aromatic heterocycles. The highest BCUT2D eigenvalue weighted by molar-refractivity contribution is 5.56. The summed E-state index contributed by atoms with van der Waals surface area (Å²) < 4.78 is 0. The Hall–Kier alpha value is -1.32. The van der Waals surface area contributed by atoms with Crippen molar-refractivity contribution < 1.29 is 4.79 Å². The Bertz CT molecular complexity index is 187. The number of nitrogens with zero attached hydrogens (tertiary/aromatic N) is 1. The first-order valence-corrected chi connectivity index (χ1v) is 2.04. The smallest absolute Gasteiger partial charge is 0.177 e. The molecule has 40 valence electrons. The molecule has 0 amide bonds. The van der Waals surface area contributed by atoms with Crippen LogP contribution in [0.25, 0.3) is 0 Å². The van der Waals surface area contributed by atoms with E-state index in [0.29, 0.717) is 0 Å². The fraction of sp³-hybridized carbons (Fsp3) is 0.167. The predicted octanol–water partition coefficient (Wildman–Crippen LogP) is 0.385. The SMILES string of the molecule is CN=C=CC=C=C=O. The van der Waals surface area contributed by atoms with Crippen LogP contribution in [0.4, 0.5) is 0 Å². The van der Waals surface area contributed by atoms with Crippen LogP contribution < -0.4 is 0 Å². The first-order chi connectivity index (χ1) is 3.91. The lowest BCUT2D eigenvalue weighted by molar-refractivity contribution is 0.569. The Balaban J connectivity index is 3.96. The second kappa shape index (κ2) is 5.68. The zero-order valence-electron chi connectivity index (χ0n) is 4.51. The van der Waals surface area contributed by atoms with Crippen molar-refractivity contribution in [3.8, 4) is 0 Å². The maximum atomic E-state index is 9.42. The van der Waals surface area contributed by atoms with Gasteiger partial charge in [0.2, 0.25) is 0 Å². The summed E-state index contributed by atoms with van der Waals surface area (Å²) in [5.41, 5.74) is 2.17. The summed E-state index contributed by atoms with van der Waals surface area (Å²) in [6, 6.07) is 0. The molecule has 0 saturated carbocycles. The summed E-state index contributed by atoms with van der Waals surface area (Å²) in [5, 5.41) is 0. The zero-order chi connectivity index (χ0) is 6.24. The molecule has 0 atom stereocenters. The molecule has 2 heteroatoms. The van der Waals surface area contributed by atoms with E-state index in [-0.39, 0.29) is 0 Å². The van der Waals surface area contributed by atoms with E-state index in [0.717, 1.165) is 0 Å². The largest absolute Gasteiger partial charge is 0.246 e. The van der Waals surface area contributed by atoms with Crippen molar-refractivity contribution in [1.82, 2.24) is 0 Å². The number of rotatable bonds is 1. The summed E-state index contributed by atoms with van der Waals surface area (Å²) in [7, 11) is 1.59. The summed E-state index contributed by atoms with van der Waals surface area (Å²) in [6.45, 7) is 0. The first kappa shape index (κ1) is 6.68. The summed E-state index contributed by atoms with van der Waals surface area (Å²) >= 11 is 0. The van der Waals surface area contributed by atoms with Crippen LogP contribution in [-0.2, 0) is 4.79 Å². The Labute approximate surface area is 47.6 Å². The summed E-state index contributed by atoms with van der Waals surface area (Å²) in [4.78, 5) is 12.9. The predicted molar refractivity (Wildman–Crippen MR) is 31.7 cm³/mol. The number of aliphatic imine (C=N–C) groups is 1. The quantitative estimate of drug-likeness (QED) is 0.206. The topological polar surface area (TPSA) is 29.4 Å². The standard InChI is InChI=1S/C6H5NO/c1-7-5-3-2-4-6-8/h2-3H,1H3. The van der Waals surface area contributed by atoms with Gasteiger partial charge in [-0.05, 0) is 11.6 Å². The molecule has 0 aromatic rings. The third kappa shape index (κ3) is 4.68. The molecule has 0 aliphatic heterocycles. The lowest BCUT2D eigenvalue weighted by Gasteiger charge is -1.54. The maximum Gasteiger partial charge on any atom is 0.177 e. The van der Waals surface area contributed by atoms with Gasteiger partial charge in [-0.15, -0.1) is 0 Å². The van der Waals surface area contributed by atoms with Crippen LogP contribution in [0.1, 0.15) is 0 Å². The molecule has 0 N–H and O–H groups in total. The minimum atomic E-state index is 1.39. The molecule has 0 unspecified atom stereocenters. The maximum absolute atomic E-state index is 9.42. The molecule has 0 rings (SSSR count). The minimum absolute atomic E-state index is 1.39. The van der Waals surface area contributed by atoms with E-state index < -0.39 is 0 Å². The number of carbonyl (C=O) groups excluding carboxylic acids is 1. The number of allylic oxidation sites excluding steroid dienone is 2. The van der Waals surface area contributed by atoms with Gasteiger partial charge in [0, 0.05) is 19.2 Å². The minimum Gasteiger partial charge on any atom is -0.246 e. The summed E-state index contributed by atoms with van der Waals surface area (Å²) in [5.74, 6) is 3.94. The van der Waals surface area contributed by atoms with Gasteiger partial charge in [0.1, 0.15) is 0 Å². The van der Waals surface area contributed by atoms with Crippen LogP contribution in [0.15, 0.2) is 22.9 Å². The zero-order valence-corrected chi connectivity index (χ0v) is 4.51. The lowest BCUT2D eigenvalue weighted by Crippen LogP contribution is -1.48. The molecule has 2 nitrogen and oxygen atoms in total. The van der Waals surface area contributed by atoms with Gasteiger partial charge < -0.3 is 0 Å². The van der Waals surface area contributed by atoms with Crippen LogP contribution in [0, 0.1) is 0 Å². The van der Waals surface area contributed by atoms with E-state index in [1.54, 1.807) is 7.05 Å². The Morgan fingerprint density at radius 1 is 1.50 bits per heavy atom. The second-order valence-electron chi connectivity index (χ2n) is 0.932. The van der Waals surface area contributed by atoms with E-state index in [2.05, 4.69) is 16.6 Å². The van der Waals surface area contributed by atoms with Gasteiger partial charge in [-0.25, -0.2) is 9.79 Å². The Kier molecular flexibility index (Phi) is 4.74. The van der Waals surface area contributed by atoms with Gasteiger partial charge in [-0.1, -0.05) is 0 Å². The molecular weight excluding hydrogens is 102 g/mol. The van der Waals surface area contributed by atoms with Crippen molar-refractivity contribution in [2.75, 3.05) is 7.05 Å². The van der Waals surface area contributed by atoms with Crippen molar-refractivity contribution in [3.63, 3.8) is 0 Å². The van der Waals surface area contributed by atoms with Crippen molar-refractivity contribution in [2.24, 2.45) is 4.99 Å². The molecule has 0 aliphatic rings. The molecular formula is C6H5NO. The van der Waals surface area contributed by atoms with Crippen LogP contribution in [0.2, 0.25) is 0 Å². The fourth-order valence-electron chi connectivity index (χ4n) is 0.187. The Morgan fingerprint density at radius 2 is 2.25 bits per heavy atom. The number of hydrogen-bond acceptors (Lipinski definition) is 2.